The molecule has 0 aliphatic heterocycles. The molecule has 0 bridgehead atoms. The van der Waals surface area contributed by atoms with Crippen LogP contribution in [0.5, 0.6) is 0 Å². The second-order valence-electron chi connectivity index (χ2n) is 5.94. The fourth-order valence-electron chi connectivity index (χ4n) is 2.08. The van der Waals surface area contributed by atoms with Crippen molar-refractivity contribution in [3.63, 3.8) is 0 Å². The summed E-state index contributed by atoms with van der Waals surface area (Å²) in [6.45, 7) is 14.9. The summed E-state index contributed by atoms with van der Waals surface area (Å²) in [6.07, 6.45) is 1.09. The van der Waals surface area contributed by atoms with Crippen LogP contribution in [0.1, 0.15) is 48.0 Å². The number of hydrogen-bond acceptors (Lipinski definition) is 3. The lowest BCUT2D eigenvalue weighted by Crippen LogP contribution is -2.53. The Bertz CT molecular complexity index is 242. The smallest absolute Gasteiger partial charge is 0.239 e. The van der Waals surface area contributed by atoms with Crippen molar-refractivity contribution in [1.82, 2.24) is 10.2 Å². The molecule has 4 nitrogen and oxygen atoms in total. The average molecular weight is 257 g/mol. The third kappa shape index (κ3) is 6.36. The Morgan fingerprint density at radius 2 is 1.78 bits per heavy atom. The third-order valence-electron chi connectivity index (χ3n) is 3.16. The first-order valence-corrected chi connectivity index (χ1v) is 7.03. The van der Waals surface area contributed by atoms with Crippen LogP contribution in [0, 0.1) is 5.92 Å². The van der Waals surface area contributed by atoms with Crippen molar-refractivity contribution in [1.29, 1.82) is 0 Å². The summed E-state index contributed by atoms with van der Waals surface area (Å²) >= 11 is 0. The van der Waals surface area contributed by atoms with Gasteiger partial charge in [0.25, 0.3) is 0 Å². The van der Waals surface area contributed by atoms with Gasteiger partial charge in [-0.25, -0.2) is 0 Å². The van der Waals surface area contributed by atoms with E-state index in [2.05, 4.69) is 37.9 Å². The predicted octanol–water partition coefficient (Wildman–Crippen LogP) is 1.60. The molecule has 0 aromatic carbocycles. The molecule has 1 unspecified atom stereocenters. The van der Waals surface area contributed by atoms with Gasteiger partial charge in [0.2, 0.25) is 5.91 Å². The van der Waals surface area contributed by atoms with Gasteiger partial charge in [-0.05, 0) is 39.3 Å². The van der Waals surface area contributed by atoms with E-state index in [1.54, 1.807) is 13.8 Å². The molecule has 0 heterocycles. The number of hydrogen-bond donors (Lipinski definition) is 2. The van der Waals surface area contributed by atoms with Crippen molar-refractivity contribution in [2.75, 3.05) is 19.6 Å². The minimum absolute atomic E-state index is 0.0802. The monoisotopic (exact) mass is 257 g/mol. The van der Waals surface area contributed by atoms with Crippen molar-refractivity contribution >= 4 is 5.91 Å². The molecule has 0 aromatic rings. The maximum Gasteiger partial charge on any atom is 0.239 e. The quantitative estimate of drug-likeness (QED) is 0.694. The van der Waals surface area contributed by atoms with Crippen LogP contribution < -0.4 is 11.1 Å². The number of likely N-dealkylation sites (N-methyl/N-ethyl adjacent to an activating group) is 1. The van der Waals surface area contributed by atoms with Gasteiger partial charge in [0, 0.05) is 12.6 Å². The maximum absolute atomic E-state index is 11.8. The van der Waals surface area contributed by atoms with Crippen LogP contribution in [0.15, 0.2) is 0 Å². The van der Waals surface area contributed by atoms with E-state index < -0.39 is 5.54 Å². The van der Waals surface area contributed by atoms with Crippen LogP contribution in [0.4, 0.5) is 0 Å². The Kier molecular flexibility index (Phi) is 7.48. The summed E-state index contributed by atoms with van der Waals surface area (Å²) in [4.78, 5) is 14.2. The number of carbonyl (C=O) groups excluding carboxylic acids is 1. The number of amides is 1. The van der Waals surface area contributed by atoms with E-state index in [4.69, 9.17) is 5.73 Å². The minimum Gasteiger partial charge on any atom is -0.353 e. The SMILES string of the molecule is CCN(CC)C(CNC(=O)C(C)(C)N)CC(C)C. The van der Waals surface area contributed by atoms with Crippen molar-refractivity contribution in [2.45, 2.75) is 59.5 Å². The molecule has 0 fully saturated rings. The van der Waals surface area contributed by atoms with E-state index in [-0.39, 0.29) is 5.91 Å². The lowest BCUT2D eigenvalue weighted by atomic mass is 10.0. The third-order valence-corrected chi connectivity index (χ3v) is 3.16. The lowest BCUT2D eigenvalue weighted by molar-refractivity contribution is -0.125. The van der Waals surface area contributed by atoms with Gasteiger partial charge in [-0.15, -0.1) is 0 Å². The highest BCUT2D eigenvalue weighted by Crippen LogP contribution is 2.11. The van der Waals surface area contributed by atoms with E-state index in [9.17, 15) is 4.79 Å². The molecule has 0 saturated carbocycles. The number of rotatable bonds is 8. The summed E-state index contributed by atoms with van der Waals surface area (Å²) < 4.78 is 0. The van der Waals surface area contributed by atoms with Crippen LogP contribution in [0.3, 0.4) is 0 Å². The highest BCUT2D eigenvalue weighted by Gasteiger charge is 2.24. The maximum atomic E-state index is 11.8. The van der Waals surface area contributed by atoms with E-state index >= 15 is 0 Å². The standard InChI is InChI=1S/C14H31N3O/c1-7-17(8-2)12(9-11(3)4)10-16-13(18)14(5,6)15/h11-12H,7-10,15H2,1-6H3,(H,16,18). The highest BCUT2D eigenvalue weighted by atomic mass is 16.2. The molecule has 1 atom stereocenters. The average Bonchev–Trinajstić information content (AvgIpc) is 2.24. The molecule has 0 aromatic heterocycles. The number of carbonyl (C=O) groups is 1. The molecule has 0 radical (unpaired) electrons. The van der Waals surface area contributed by atoms with E-state index in [0.717, 1.165) is 19.5 Å². The highest BCUT2D eigenvalue weighted by molar-refractivity contribution is 5.85. The normalized spacial score (nSPS) is 14.1. The molecule has 18 heavy (non-hydrogen) atoms. The second kappa shape index (κ2) is 7.74. The van der Waals surface area contributed by atoms with Crippen LogP contribution in [-0.4, -0.2) is 42.0 Å². The van der Waals surface area contributed by atoms with Gasteiger partial charge < -0.3 is 11.1 Å². The van der Waals surface area contributed by atoms with Crippen LogP contribution >= 0.6 is 0 Å². The van der Waals surface area contributed by atoms with Gasteiger partial charge in [-0.3, -0.25) is 9.69 Å². The Balaban J connectivity index is 4.46. The zero-order valence-electron chi connectivity index (χ0n) is 12.9. The van der Waals surface area contributed by atoms with Crippen LogP contribution in [0.25, 0.3) is 0 Å². The Hall–Kier alpha value is -0.610. The van der Waals surface area contributed by atoms with Gasteiger partial charge >= 0.3 is 0 Å². The van der Waals surface area contributed by atoms with Gasteiger partial charge in [0.1, 0.15) is 0 Å². The van der Waals surface area contributed by atoms with Gasteiger partial charge in [-0.1, -0.05) is 27.7 Å². The Morgan fingerprint density at radius 3 is 2.11 bits per heavy atom. The predicted molar refractivity (Wildman–Crippen MR) is 77.4 cm³/mol. The van der Waals surface area contributed by atoms with Crippen LogP contribution in [0.2, 0.25) is 0 Å². The first-order valence-electron chi connectivity index (χ1n) is 7.03. The molecular weight excluding hydrogens is 226 g/mol. The van der Waals surface area contributed by atoms with Crippen molar-refractivity contribution in [2.24, 2.45) is 11.7 Å². The summed E-state index contributed by atoms with van der Waals surface area (Å²) in [7, 11) is 0. The molecule has 0 rings (SSSR count). The first kappa shape index (κ1) is 17.4. The number of nitrogens with zero attached hydrogens (tertiary/aromatic N) is 1. The Labute approximate surface area is 112 Å². The fraction of sp³-hybridized carbons (Fsp3) is 0.929. The molecule has 1 amide bonds. The van der Waals surface area contributed by atoms with E-state index in [0.29, 0.717) is 18.5 Å². The minimum atomic E-state index is -0.800. The lowest BCUT2D eigenvalue weighted by Gasteiger charge is -2.32. The molecular formula is C14H31N3O. The van der Waals surface area contributed by atoms with Crippen molar-refractivity contribution in [3.8, 4) is 0 Å². The summed E-state index contributed by atoms with van der Waals surface area (Å²) in [6, 6.07) is 0.395. The Morgan fingerprint density at radius 1 is 1.28 bits per heavy atom. The molecule has 3 N–H and O–H groups in total. The molecule has 0 aliphatic rings. The van der Waals surface area contributed by atoms with Crippen LogP contribution in [-0.2, 0) is 4.79 Å². The van der Waals surface area contributed by atoms with E-state index in [1.165, 1.54) is 0 Å². The topological polar surface area (TPSA) is 58.4 Å². The van der Waals surface area contributed by atoms with Crippen molar-refractivity contribution in [3.05, 3.63) is 0 Å². The largest absolute Gasteiger partial charge is 0.353 e. The zero-order valence-corrected chi connectivity index (χ0v) is 12.9. The van der Waals surface area contributed by atoms with Gasteiger partial charge in [0.05, 0.1) is 5.54 Å². The number of nitrogens with one attached hydrogen (secondary N) is 1. The van der Waals surface area contributed by atoms with Gasteiger partial charge in [-0.2, -0.15) is 0 Å². The molecule has 108 valence electrons. The first-order chi connectivity index (χ1) is 8.22. The molecule has 0 spiro atoms. The number of nitrogens with two attached hydrogens (primary N) is 1. The second-order valence-corrected chi connectivity index (χ2v) is 5.94. The fourth-order valence-corrected chi connectivity index (χ4v) is 2.08. The van der Waals surface area contributed by atoms with Gasteiger partial charge in [0.15, 0.2) is 0 Å². The van der Waals surface area contributed by atoms with Crippen molar-refractivity contribution < 1.29 is 4.79 Å². The zero-order chi connectivity index (χ0) is 14.3. The van der Waals surface area contributed by atoms with E-state index in [1.807, 2.05) is 0 Å². The summed E-state index contributed by atoms with van der Waals surface area (Å²) in [5.74, 6) is 0.543. The molecule has 0 saturated heterocycles. The molecule has 4 heteroatoms. The summed E-state index contributed by atoms with van der Waals surface area (Å²) in [5, 5.41) is 2.97. The molecule has 0 aliphatic carbocycles. The summed E-state index contributed by atoms with van der Waals surface area (Å²) in [5.41, 5.74) is 4.98.